The van der Waals surface area contributed by atoms with Crippen molar-refractivity contribution in [1.82, 2.24) is 9.78 Å². The number of ketones is 1. The maximum atomic E-state index is 14.2. The van der Waals surface area contributed by atoms with E-state index < -0.39 is 68.9 Å². The van der Waals surface area contributed by atoms with Crippen LogP contribution in [0.4, 0.5) is 26.3 Å². The molecule has 12 heteroatoms. The van der Waals surface area contributed by atoms with Crippen LogP contribution in [0.5, 0.6) is 5.88 Å². The van der Waals surface area contributed by atoms with Crippen LogP contribution in [-0.2, 0) is 19.5 Å². The van der Waals surface area contributed by atoms with Gasteiger partial charge in [0.2, 0.25) is 11.7 Å². The predicted molar refractivity (Wildman–Crippen MR) is 84.3 cm³/mol. The van der Waals surface area contributed by atoms with Crippen LogP contribution in [0.1, 0.15) is 27.2 Å². The molecule has 150 valence electrons. The number of carbonyl (C=O) groups excluding carboxylic acids is 1. The van der Waals surface area contributed by atoms with Gasteiger partial charge in [-0.15, -0.1) is 0 Å². The molecular weight excluding hydrogens is 470 g/mol. The SMILES string of the molecule is Cc1nn(-c2c(F)c(F)c(C#N)c(F)c2F)c(O)c1C(=O)c1cc(F)cc(F)c1.[Zn]. The number of carbonyl (C=O) groups is 1. The van der Waals surface area contributed by atoms with E-state index in [9.17, 15) is 36.2 Å². The van der Waals surface area contributed by atoms with E-state index in [0.29, 0.717) is 18.2 Å². The zero-order valence-corrected chi connectivity index (χ0v) is 17.9. The average Bonchev–Trinajstić information content (AvgIpc) is 2.93. The molecule has 1 heterocycles. The summed E-state index contributed by atoms with van der Waals surface area (Å²) < 4.78 is 82.9. The van der Waals surface area contributed by atoms with E-state index in [1.54, 1.807) is 0 Å². The molecule has 0 unspecified atom stereocenters. The first-order valence-corrected chi connectivity index (χ1v) is 7.64. The molecule has 0 amide bonds. The molecule has 3 rings (SSSR count). The van der Waals surface area contributed by atoms with Gasteiger partial charge < -0.3 is 5.11 Å². The standard InChI is InChI=1S/C18H7F6N3O2.Zn/c1-6-11(17(28)7-2-8(19)4-9(20)3-7)18(29)27(26-6)16-14(23)12(21)10(5-25)13(22)15(16)24;/h2-4,29H,1H3;. The van der Waals surface area contributed by atoms with Gasteiger partial charge in [-0.1, -0.05) is 0 Å². The van der Waals surface area contributed by atoms with E-state index in [4.69, 9.17) is 5.26 Å². The molecule has 30 heavy (non-hydrogen) atoms. The fourth-order valence-electron chi connectivity index (χ4n) is 2.67. The van der Waals surface area contributed by atoms with Crippen LogP contribution in [0.3, 0.4) is 0 Å². The van der Waals surface area contributed by atoms with Crippen molar-refractivity contribution in [3.8, 4) is 17.6 Å². The summed E-state index contributed by atoms with van der Waals surface area (Å²) in [5.41, 5.74) is -4.68. The number of hydrogen-bond acceptors (Lipinski definition) is 4. The van der Waals surface area contributed by atoms with Crippen molar-refractivity contribution in [2.45, 2.75) is 6.92 Å². The monoisotopic (exact) mass is 475 g/mol. The number of benzene rings is 2. The van der Waals surface area contributed by atoms with Gasteiger partial charge in [0.25, 0.3) is 0 Å². The Morgan fingerprint density at radius 2 is 1.50 bits per heavy atom. The minimum atomic E-state index is -2.05. The second kappa shape index (κ2) is 8.28. The van der Waals surface area contributed by atoms with Gasteiger partial charge in [-0.25, -0.2) is 26.3 Å². The summed E-state index contributed by atoms with van der Waals surface area (Å²) in [6.45, 7) is 1.10. The first kappa shape index (κ1) is 23.1. The third-order valence-electron chi connectivity index (χ3n) is 3.95. The zero-order chi connectivity index (χ0) is 21.6. The van der Waals surface area contributed by atoms with Gasteiger partial charge in [0.05, 0.1) is 5.69 Å². The molecule has 1 aromatic heterocycles. The summed E-state index contributed by atoms with van der Waals surface area (Å²) in [6, 6.07) is 2.73. The molecule has 0 spiro atoms. The molecule has 0 saturated carbocycles. The maximum absolute atomic E-state index is 14.2. The van der Waals surface area contributed by atoms with Crippen molar-refractivity contribution in [2.24, 2.45) is 0 Å². The van der Waals surface area contributed by atoms with Crippen LogP contribution in [-0.4, -0.2) is 20.7 Å². The fraction of sp³-hybridized carbons (Fsp3) is 0.0556. The van der Waals surface area contributed by atoms with E-state index in [-0.39, 0.29) is 29.9 Å². The van der Waals surface area contributed by atoms with E-state index in [2.05, 4.69) is 5.10 Å². The number of hydrogen-bond donors (Lipinski definition) is 1. The van der Waals surface area contributed by atoms with E-state index >= 15 is 0 Å². The average molecular weight is 477 g/mol. The molecule has 0 bridgehead atoms. The molecule has 3 aromatic rings. The molecule has 2 aromatic carbocycles. The summed E-state index contributed by atoms with van der Waals surface area (Å²) >= 11 is 0. The van der Waals surface area contributed by atoms with Crippen LogP contribution in [0.25, 0.3) is 5.69 Å². The second-order valence-corrected chi connectivity index (χ2v) is 5.77. The third-order valence-corrected chi connectivity index (χ3v) is 3.95. The number of nitrogens with zero attached hydrogens (tertiary/aromatic N) is 3. The van der Waals surface area contributed by atoms with Gasteiger partial charge in [0.15, 0.2) is 23.3 Å². The molecule has 1 N–H and O–H groups in total. The van der Waals surface area contributed by atoms with Gasteiger partial charge >= 0.3 is 0 Å². The minimum absolute atomic E-state index is 0. The summed E-state index contributed by atoms with van der Waals surface area (Å²) in [5.74, 6) is -12.8. The molecule has 0 radical (unpaired) electrons. The number of halogens is 6. The summed E-state index contributed by atoms with van der Waals surface area (Å²) in [4.78, 5) is 12.5. The van der Waals surface area contributed by atoms with Gasteiger partial charge in [-0.3, -0.25) is 4.79 Å². The number of aromatic hydroxyl groups is 1. The number of nitriles is 1. The largest absolute Gasteiger partial charge is 0.493 e. The number of aryl methyl sites for hydroxylation is 1. The topological polar surface area (TPSA) is 78.9 Å². The zero-order valence-electron chi connectivity index (χ0n) is 14.9. The van der Waals surface area contributed by atoms with E-state index in [1.807, 2.05) is 0 Å². The molecule has 0 saturated heterocycles. The number of rotatable bonds is 3. The van der Waals surface area contributed by atoms with E-state index in [0.717, 1.165) is 13.0 Å². The van der Waals surface area contributed by atoms with Crippen molar-refractivity contribution >= 4 is 5.78 Å². The van der Waals surface area contributed by atoms with Crippen LogP contribution in [0.15, 0.2) is 18.2 Å². The molecule has 0 atom stereocenters. The Morgan fingerprint density at radius 3 is 1.97 bits per heavy atom. The Morgan fingerprint density at radius 1 is 1.00 bits per heavy atom. The van der Waals surface area contributed by atoms with Crippen molar-refractivity contribution in [2.75, 3.05) is 0 Å². The minimum Gasteiger partial charge on any atom is -0.493 e. The quantitative estimate of drug-likeness (QED) is 0.270. The summed E-state index contributed by atoms with van der Waals surface area (Å²) in [7, 11) is 0. The maximum Gasteiger partial charge on any atom is 0.226 e. The Balaban J connectivity index is 0.00000320. The van der Waals surface area contributed by atoms with Crippen molar-refractivity contribution in [1.29, 1.82) is 5.26 Å². The molecule has 0 aliphatic heterocycles. The van der Waals surface area contributed by atoms with Gasteiger partial charge in [0, 0.05) is 31.1 Å². The van der Waals surface area contributed by atoms with Crippen molar-refractivity contribution < 1.29 is 55.7 Å². The Hall–Kier alpha value is -3.19. The fourth-order valence-corrected chi connectivity index (χ4v) is 2.67. The molecule has 0 aliphatic rings. The summed E-state index contributed by atoms with van der Waals surface area (Å²) in [5, 5.41) is 22.3. The van der Waals surface area contributed by atoms with Crippen molar-refractivity contribution in [3.63, 3.8) is 0 Å². The Kier molecular flexibility index (Phi) is 6.37. The third kappa shape index (κ3) is 3.57. The Labute approximate surface area is 176 Å². The van der Waals surface area contributed by atoms with Gasteiger partial charge in [-0.05, 0) is 19.1 Å². The summed E-state index contributed by atoms with van der Waals surface area (Å²) in [6.07, 6.45) is 0. The number of aromatic nitrogens is 2. The first-order chi connectivity index (χ1) is 13.6. The Bertz CT molecular complexity index is 1190. The van der Waals surface area contributed by atoms with Gasteiger partial charge in [-0.2, -0.15) is 15.0 Å². The second-order valence-electron chi connectivity index (χ2n) is 5.77. The van der Waals surface area contributed by atoms with Crippen LogP contribution >= 0.6 is 0 Å². The van der Waals surface area contributed by atoms with Crippen LogP contribution < -0.4 is 0 Å². The normalized spacial score (nSPS) is 10.5. The molecular formula is C18H7F6N3O2Zn. The van der Waals surface area contributed by atoms with E-state index in [1.165, 1.54) is 0 Å². The molecule has 5 nitrogen and oxygen atoms in total. The smallest absolute Gasteiger partial charge is 0.226 e. The molecule has 0 fully saturated rings. The first-order valence-electron chi connectivity index (χ1n) is 7.64. The molecule has 0 aliphatic carbocycles. The van der Waals surface area contributed by atoms with Crippen molar-refractivity contribution in [3.05, 3.63) is 75.5 Å². The van der Waals surface area contributed by atoms with Crippen LogP contribution in [0, 0.1) is 53.2 Å². The van der Waals surface area contributed by atoms with Gasteiger partial charge in [0.1, 0.15) is 34.5 Å². The van der Waals surface area contributed by atoms with Crippen LogP contribution in [0.2, 0.25) is 0 Å². The predicted octanol–water partition coefficient (Wildman–Crippen LogP) is 3.82.